The van der Waals surface area contributed by atoms with Crippen LogP contribution in [0.3, 0.4) is 0 Å². The predicted molar refractivity (Wildman–Crippen MR) is 70.0 cm³/mol. The second kappa shape index (κ2) is 4.47. The van der Waals surface area contributed by atoms with Crippen molar-refractivity contribution in [2.75, 3.05) is 5.73 Å². The number of pyridine rings is 1. The molecule has 2 N–H and O–H groups in total. The van der Waals surface area contributed by atoms with Crippen molar-refractivity contribution in [3.05, 3.63) is 54.0 Å². The maximum absolute atomic E-state index is 13.2. The number of hydrogen-bond acceptors (Lipinski definition) is 2. The number of halogens is 4. The van der Waals surface area contributed by atoms with Gasteiger partial charge >= 0.3 is 6.18 Å². The van der Waals surface area contributed by atoms with Crippen LogP contribution < -0.4 is 5.73 Å². The van der Waals surface area contributed by atoms with Gasteiger partial charge in [-0.05, 0) is 24.3 Å². The highest BCUT2D eigenvalue weighted by Crippen LogP contribution is 2.33. The lowest BCUT2D eigenvalue weighted by atomic mass is 10.1. The highest BCUT2D eigenvalue weighted by atomic mass is 19.4. The van der Waals surface area contributed by atoms with Crippen LogP contribution in [0, 0.1) is 5.82 Å². The molecule has 3 rings (SSSR count). The van der Waals surface area contributed by atoms with E-state index in [1.165, 1.54) is 28.7 Å². The Morgan fingerprint density at radius 3 is 2.57 bits per heavy atom. The lowest BCUT2D eigenvalue weighted by Gasteiger charge is -2.07. The molecule has 0 saturated carbocycles. The van der Waals surface area contributed by atoms with Crippen molar-refractivity contribution in [2.24, 2.45) is 0 Å². The van der Waals surface area contributed by atoms with Gasteiger partial charge in [0.1, 0.15) is 23.0 Å². The topological polar surface area (TPSA) is 43.3 Å². The van der Waals surface area contributed by atoms with E-state index in [1.54, 1.807) is 0 Å². The smallest absolute Gasteiger partial charge is 0.383 e. The minimum absolute atomic E-state index is 0.0869. The molecule has 0 aliphatic carbocycles. The van der Waals surface area contributed by atoms with Crippen molar-refractivity contribution in [3.63, 3.8) is 0 Å². The van der Waals surface area contributed by atoms with Crippen LogP contribution in [-0.2, 0) is 6.18 Å². The van der Waals surface area contributed by atoms with Crippen LogP contribution in [-0.4, -0.2) is 9.38 Å². The maximum Gasteiger partial charge on any atom is 0.416 e. The summed E-state index contributed by atoms with van der Waals surface area (Å²) in [6, 6.07) is 7.30. The second-order valence-electron chi connectivity index (χ2n) is 4.50. The van der Waals surface area contributed by atoms with E-state index in [0.717, 1.165) is 18.3 Å². The third-order valence-electron chi connectivity index (χ3n) is 3.08. The fourth-order valence-corrected chi connectivity index (χ4v) is 2.09. The molecule has 0 bridgehead atoms. The molecular formula is C14H9F4N3. The van der Waals surface area contributed by atoms with Gasteiger partial charge in [-0.1, -0.05) is 12.1 Å². The molecule has 3 nitrogen and oxygen atoms in total. The predicted octanol–water partition coefficient (Wildman–Crippen LogP) is 3.74. The van der Waals surface area contributed by atoms with E-state index < -0.39 is 17.6 Å². The molecule has 0 radical (unpaired) electrons. The van der Waals surface area contributed by atoms with Crippen LogP contribution in [0.15, 0.2) is 42.6 Å². The van der Waals surface area contributed by atoms with Gasteiger partial charge in [0.15, 0.2) is 0 Å². The number of alkyl halides is 3. The quantitative estimate of drug-likeness (QED) is 0.695. The van der Waals surface area contributed by atoms with E-state index in [-0.39, 0.29) is 17.1 Å². The van der Waals surface area contributed by atoms with Crippen molar-refractivity contribution in [1.29, 1.82) is 0 Å². The molecule has 7 heteroatoms. The number of benzene rings is 1. The van der Waals surface area contributed by atoms with Crippen molar-refractivity contribution in [2.45, 2.75) is 6.18 Å². The van der Waals surface area contributed by atoms with Gasteiger partial charge in [0.05, 0.1) is 5.56 Å². The van der Waals surface area contributed by atoms with Gasteiger partial charge in [-0.15, -0.1) is 0 Å². The number of nitrogens with zero attached hydrogens (tertiary/aromatic N) is 2. The molecule has 0 unspecified atom stereocenters. The van der Waals surface area contributed by atoms with Crippen LogP contribution in [0.5, 0.6) is 0 Å². The Kier molecular flexibility index (Phi) is 2.86. The largest absolute Gasteiger partial charge is 0.416 e. The second-order valence-corrected chi connectivity index (χ2v) is 4.50. The minimum Gasteiger partial charge on any atom is -0.383 e. The van der Waals surface area contributed by atoms with Crippen LogP contribution in [0.1, 0.15) is 5.56 Å². The molecule has 0 spiro atoms. The Morgan fingerprint density at radius 1 is 1.10 bits per heavy atom. The van der Waals surface area contributed by atoms with Crippen molar-refractivity contribution in [1.82, 2.24) is 9.38 Å². The molecule has 0 aliphatic rings. The van der Waals surface area contributed by atoms with E-state index in [4.69, 9.17) is 5.73 Å². The van der Waals surface area contributed by atoms with Crippen molar-refractivity contribution in [3.8, 4) is 11.3 Å². The van der Waals surface area contributed by atoms with Gasteiger partial charge in [-0.3, -0.25) is 4.40 Å². The maximum atomic E-state index is 13.2. The van der Waals surface area contributed by atoms with Gasteiger partial charge in [0.25, 0.3) is 0 Å². The zero-order valence-electron chi connectivity index (χ0n) is 10.5. The standard InChI is InChI=1S/C14H9F4N3/c15-10-4-5-11-20-12(13(19)21(11)7-10)8-2-1-3-9(6-8)14(16,17)18/h1-7H,19H2. The summed E-state index contributed by atoms with van der Waals surface area (Å²) in [4.78, 5) is 4.15. The zero-order valence-corrected chi connectivity index (χ0v) is 10.5. The van der Waals surface area contributed by atoms with Gasteiger partial charge < -0.3 is 5.73 Å². The highest BCUT2D eigenvalue weighted by molar-refractivity contribution is 5.75. The molecule has 0 amide bonds. The first-order valence-electron chi connectivity index (χ1n) is 5.97. The van der Waals surface area contributed by atoms with Gasteiger partial charge in [0.2, 0.25) is 0 Å². The molecule has 0 atom stereocenters. The summed E-state index contributed by atoms with van der Waals surface area (Å²) in [5, 5.41) is 0. The molecule has 2 heterocycles. The van der Waals surface area contributed by atoms with E-state index in [2.05, 4.69) is 4.98 Å². The molecule has 0 aliphatic heterocycles. The Labute approximate surface area is 116 Å². The number of fused-ring (bicyclic) bond motifs is 1. The number of nitrogen functional groups attached to an aromatic ring is 1. The van der Waals surface area contributed by atoms with E-state index in [0.29, 0.717) is 5.65 Å². The fraction of sp³-hybridized carbons (Fsp3) is 0.0714. The first-order valence-corrected chi connectivity index (χ1v) is 5.97. The Balaban J connectivity index is 2.19. The summed E-state index contributed by atoms with van der Waals surface area (Å²) in [6.45, 7) is 0. The minimum atomic E-state index is -4.45. The molecular weight excluding hydrogens is 286 g/mol. The lowest BCUT2D eigenvalue weighted by Crippen LogP contribution is -2.04. The normalized spacial score (nSPS) is 12.0. The van der Waals surface area contributed by atoms with E-state index in [9.17, 15) is 17.6 Å². The van der Waals surface area contributed by atoms with Crippen molar-refractivity contribution < 1.29 is 17.6 Å². The third-order valence-corrected chi connectivity index (χ3v) is 3.08. The Hall–Kier alpha value is -2.57. The molecule has 0 fully saturated rings. The van der Waals surface area contributed by atoms with Gasteiger partial charge in [0, 0.05) is 11.8 Å². The summed E-state index contributed by atoms with van der Waals surface area (Å²) in [5.74, 6) is -0.425. The highest BCUT2D eigenvalue weighted by Gasteiger charge is 2.30. The Bertz CT molecular complexity index is 821. The van der Waals surface area contributed by atoms with Crippen LogP contribution >= 0.6 is 0 Å². The summed E-state index contributed by atoms with van der Waals surface area (Å²) in [5.41, 5.74) is 5.84. The van der Waals surface area contributed by atoms with Crippen LogP contribution in [0.4, 0.5) is 23.4 Å². The molecule has 3 aromatic rings. The molecule has 21 heavy (non-hydrogen) atoms. The average molecular weight is 295 g/mol. The van der Waals surface area contributed by atoms with Crippen molar-refractivity contribution >= 4 is 11.5 Å². The summed E-state index contributed by atoms with van der Waals surface area (Å²) in [7, 11) is 0. The molecule has 2 aromatic heterocycles. The van der Waals surface area contributed by atoms with Crippen LogP contribution in [0.25, 0.3) is 16.9 Å². The molecule has 108 valence electrons. The molecule has 0 saturated heterocycles. The number of rotatable bonds is 1. The number of nitrogens with two attached hydrogens (primary N) is 1. The summed E-state index contributed by atoms with van der Waals surface area (Å²) >= 11 is 0. The van der Waals surface area contributed by atoms with Gasteiger partial charge in [-0.25, -0.2) is 9.37 Å². The number of anilines is 1. The van der Waals surface area contributed by atoms with E-state index >= 15 is 0 Å². The number of aromatic nitrogens is 2. The summed E-state index contributed by atoms with van der Waals surface area (Å²) in [6.07, 6.45) is -3.31. The first kappa shape index (κ1) is 13.4. The van der Waals surface area contributed by atoms with Gasteiger partial charge in [-0.2, -0.15) is 13.2 Å². The van der Waals surface area contributed by atoms with E-state index in [1.807, 2.05) is 0 Å². The average Bonchev–Trinajstić information content (AvgIpc) is 2.75. The third kappa shape index (κ3) is 2.31. The monoisotopic (exact) mass is 295 g/mol. The zero-order chi connectivity index (χ0) is 15.2. The molecule has 1 aromatic carbocycles. The first-order chi connectivity index (χ1) is 9.86. The fourth-order valence-electron chi connectivity index (χ4n) is 2.09. The summed E-state index contributed by atoms with van der Waals surface area (Å²) < 4.78 is 52.7. The Morgan fingerprint density at radius 2 is 1.86 bits per heavy atom. The van der Waals surface area contributed by atoms with Crippen LogP contribution in [0.2, 0.25) is 0 Å². The lowest BCUT2D eigenvalue weighted by molar-refractivity contribution is -0.137. The number of imidazole rings is 1. The SMILES string of the molecule is Nc1c(-c2cccc(C(F)(F)F)c2)nc2ccc(F)cn12. The number of hydrogen-bond donors (Lipinski definition) is 1.